The van der Waals surface area contributed by atoms with E-state index in [4.69, 9.17) is 4.74 Å². The van der Waals surface area contributed by atoms with Crippen LogP contribution in [0.1, 0.15) is 40.7 Å². The first-order valence-electron chi connectivity index (χ1n) is 11.9. The summed E-state index contributed by atoms with van der Waals surface area (Å²) in [6.07, 6.45) is 0.787. The largest absolute Gasteiger partial charge is 0.500 e. The molecule has 38 heavy (non-hydrogen) atoms. The van der Waals surface area contributed by atoms with Crippen LogP contribution in [0.3, 0.4) is 0 Å². The Hall–Kier alpha value is -4.64. The number of fused-ring (bicyclic) bond motifs is 1. The maximum Gasteiger partial charge on any atom is 0.314 e. The molecule has 6 rings (SSSR count). The van der Waals surface area contributed by atoms with Gasteiger partial charge in [-0.25, -0.2) is 4.68 Å². The fourth-order valence-corrected chi connectivity index (χ4v) is 6.22. The van der Waals surface area contributed by atoms with Crippen molar-refractivity contribution in [1.82, 2.24) is 9.78 Å². The monoisotopic (exact) mass is 530 g/mol. The third-order valence-corrected chi connectivity index (χ3v) is 8.11. The van der Waals surface area contributed by atoms with Crippen LogP contribution in [0.5, 0.6) is 11.5 Å². The summed E-state index contributed by atoms with van der Waals surface area (Å²) in [6.45, 7) is 0. The molecular weight excluding hydrogens is 508 g/mol. The standard InChI is InChI=1S/C27H22N4O6S/c1-37-20-13-15(11-18(25(20)33)31(35)36)22-23-17(10-14(12-19(23)32)21-8-5-9-38-21)28-26-24(22)27(34)30(29-26)16-6-3-2-4-7-16/h2-9,11,13-14,22,28-29,33H,10,12H2,1H3/t14-,22-/m0/s1. The number of hydrogen-bond acceptors (Lipinski definition) is 8. The number of H-pyrrole nitrogens is 1. The van der Waals surface area contributed by atoms with Crippen LogP contribution in [0.25, 0.3) is 5.69 Å². The Bertz CT molecular complexity index is 1670. The van der Waals surface area contributed by atoms with E-state index in [9.17, 15) is 24.8 Å². The minimum atomic E-state index is -0.903. The molecule has 3 heterocycles. The number of rotatable bonds is 5. The number of phenolic OH excluding ortho intramolecular Hbond substituents is 1. The molecule has 0 fully saturated rings. The van der Waals surface area contributed by atoms with Gasteiger partial charge in [-0.1, -0.05) is 24.3 Å². The number of hydrogen-bond donors (Lipinski definition) is 3. The lowest BCUT2D eigenvalue weighted by Crippen LogP contribution is -2.31. The summed E-state index contributed by atoms with van der Waals surface area (Å²) in [5.74, 6) is -1.39. The van der Waals surface area contributed by atoms with Crippen LogP contribution in [-0.2, 0) is 4.79 Å². The highest BCUT2D eigenvalue weighted by Gasteiger charge is 2.42. The molecule has 3 N–H and O–H groups in total. The van der Waals surface area contributed by atoms with Crippen molar-refractivity contribution in [3.05, 3.63) is 108 Å². The van der Waals surface area contributed by atoms with E-state index in [0.717, 1.165) is 4.88 Å². The van der Waals surface area contributed by atoms with Crippen molar-refractivity contribution in [3.63, 3.8) is 0 Å². The number of Topliss-reactive ketones (excluding diaryl/α,β-unsaturated/α-hetero) is 1. The van der Waals surface area contributed by atoms with Gasteiger partial charge in [0.2, 0.25) is 5.75 Å². The number of carbonyl (C=O) groups is 1. The van der Waals surface area contributed by atoms with Crippen molar-refractivity contribution in [3.8, 4) is 17.2 Å². The van der Waals surface area contributed by atoms with Gasteiger partial charge in [-0.3, -0.25) is 24.8 Å². The number of ketones is 1. The molecule has 2 aliphatic rings. The second-order valence-corrected chi connectivity index (χ2v) is 10.2. The SMILES string of the molecule is COc1cc([C@H]2C3=C(C[C@H](c4cccs4)CC3=O)Nc3[nH]n(-c4ccccc4)c(=O)c32)cc([N+](=O)[O-])c1O. The molecule has 1 aliphatic heterocycles. The fourth-order valence-electron chi connectivity index (χ4n) is 5.38. The molecule has 2 aromatic carbocycles. The van der Waals surface area contributed by atoms with Crippen molar-refractivity contribution < 1.29 is 19.6 Å². The molecule has 2 aromatic heterocycles. The summed E-state index contributed by atoms with van der Waals surface area (Å²) >= 11 is 1.59. The molecule has 0 spiro atoms. The molecule has 1 aliphatic carbocycles. The highest BCUT2D eigenvalue weighted by molar-refractivity contribution is 7.10. The summed E-state index contributed by atoms with van der Waals surface area (Å²) in [4.78, 5) is 39.7. The zero-order chi connectivity index (χ0) is 26.6. The van der Waals surface area contributed by atoms with Gasteiger partial charge in [-0.15, -0.1) is 11.3 Å². The summed E-state index contributed by atoms with van der Waals surface area (Å²) in [7, 11) is 1.29. The number of phenols is 1. The lowest BCUT2D eigenvalue weighted by molar-refractivity contribution is -0.386. The number of nitro groups is 1. The Morgan fingerprint density at radius 3 is 2.61 bits per heavy atom. The Morgan fingerprint density at radius 1 is 1.13 bits per heavy atom. The smallest absolute Gasteiger partial charge is 0.314 e. The molecule has 10 nitrogen and oxygen atoms in total. The number of nitro benzene ring substituents is 1. The third kappa shape index (κ3) is 3.70. The first-order chi connectivity index (χ1) is 18.4. The first kappa shape index (κ1) is 23.7. The number of aromatic amines is 1. The number of aromatic hydroxyl groups is 1. The van der Waals surface area contributed by atoms with Gasteiger partial charge in [0.15, 0.2) is 11.5 Å². The number of aromatic nitrogens is 2. The van der Waals surface area contributed by atoms with Crippen LogP contribution in [0.2, 0.25) is 0 Å². The molecule has 4 aromatic rings. The van der Waals surface area contributed by atoms with Crippen LogP contribution in [-0.4, -0.2) is 32.7 Å². The number of para-hydroxylation sites is 1. The molecule has 0 saturated heterocycles. The summed E-state index contributed by atoms with van der Waals surface area (Å²) in [6, 6.07) is 15.6. The number of methoxy groups -OCH3 is 1. The van der Waals surface area contributed by atoms with Gasteiger partial charge >= 0.3 is 5.69 Å². The maximum atomic E-state index is 13.8. The molecule has 0 radical (unpaired) electrons. The van der Waals surface area contributed by atoms with Gasteiger partial charge in [0.1, 0.15) is 5.82 Å². The molecule has 11 heteroatoms. The van der Waals surface area contributed by atoms with Gasteiger partial charge in [-0.2, -0.15) is 0 Å². The van der Waals surface area contributed by atoms with Crippen molar-refractivity contribution >= 4 is 28.6 Å². The van der Waals surface area contributed by atoms with Crippen LogP contribution >= 0.6 is 11.3 Å². The molecule has 0 saturated carbocycles. The minimum Gasteiger partial charge on any atom is -0.500 e. The predicted octanol–water partition coefficient (Wildman–Crippen LogP) is 4.81. The molecular formula is C27H22N4O6S. The van der Waals surface area contributed by atoms with Crippen molar-refractivity contribution in [2.75, 3.05) is 12.4 Å². The number of allylic oxidation sites excluding steroid dienone is 2. The Morgan fingerprint density at radius 2 is 1.92 bits per heavy atom. The van der Waals surface area contributed by atoms with Gasteiger partial charge in [0, 0.05) is 40.5 Å². The zero-order valence-electron chi connectivity index (χ0n) is 20.1. The topological polar surface area (TPSA) is 139 Å². The number of thiophene rings is 1. The Labute approximate surface area is 220 Å². The number of nitrogens with zero attached hydrogens (tertiary/aromatic N) is 2. The second kappa shape index (κ2) is 9.03. The minimum absolute atomic E-state index is 0.0254. The van der Waals surface area contributed by atoms with Crippen LogP contribution in [0.4, 0.5) is 11.5 Å². The quantitative estimate of drug-likeness (QED) is 0.249. The van der Waals surface area contributed by atoms with E-state index in [2.05, 4.69) is 10.4 Å². The van der Waals surface area contributed by atoms with E-state index in [1.54, 1.807) is 35.6 Å². The van der Waals surface area contributed by atoms with Crippen molar-refractivity contribution in [2.45, 2.75) is 24.7 Å². The van der Waals surface area contributed by atoms with E-state index in [1.165, 1.54) is 23.9 Å². The maximum absolute atomic E-state index is 13.8. The predicted molar refractivity (Wildman–Crippen MR) is 141 cm³/mol. The van der Waals surface area contributed by atoms with Crippen LogP contribution in [0.15, 0.2) is 76.0 Å². The van der Waals surface area contributed by atoms with Crippen molar-refractivity contribution in [1.29, 1.82) is 0 Å². The van der Waals surface area contributed by atoms with Crippen molar-refractivity contribution in [2.24, 2.45) is 0 Å². The highest BCUT2D eigenvalue weighted by Crippen LogP contribution is 2.49. The van der Waals surface area contributed by atoms with E-state index in [0.29, 0.717) is 34.8 Å². The van der Waals surface area contributed by atoms with E-state index >= 15 is 0 Å². The Balaban J connectivity index is 1.59. The molecule has 0 amide bonds. The van der Waals surface area contributed by atoms with E-state index < -0.39 is 27.8 Å². The third-order valence-electron chi connectivity index (χ3n) is 7.07. The normalized spacial score (nSPS) is 18.5. The average molecular weight is 531 g/mol. The van der Waals surface area contributed by atoms with Gasteiger partial charge in [0.25, 0.3) is 5.56 Å². The fraction of sp³-hybridized carbons (Fsp3) is 0.185. The molecule has 0 unspecified atom stereocenters. The number of benzene rings is 2. The number of ether oxygens (including phenoxy) is 1. The molecule has 2 atom stereocenters. The van der Waals surface area contributed by atoms with Gasteiger partial charge in [-0.05, 0) is 41.6 Å². The summed E-state index contributed by atoms with van der Waals surface area (Å²) in [5.41, 5.74) is 1.26. The van der Waals surface area contributed by atoms with Gasteiger partial charge in [0.05, 0.1) is 23.3 Å². The van der Waals surface area contributed by atoms with E-state index in [-0.39, 0.29) is 29.4 Å². The summed E-state index contributed by atoms with van der Waals surface area (Å²) in [5, 5.41) is 30.6. The Kier molecular flexibility index (Phi) is 5.64. The summed E-state index contributed by atoms with van der Waals surface area (Å²) < 4.78 is 6.61. The lowest BCUT2D eigenvalue weighted by atomic mass is 9.73. The molecule has 0 bridgehead atoms. The number of carbonyl (C=O) groups excluding carboxylic acids is 1. The lowest BCUT2D eigenvalue weighted by Gasteiger charge is -2.34. The molecule has 192 valence electrons. The first-order valence-corrected chi connectivity index (χ1v) is 12.8. The second-order valence-electron chi connectivity index (χ2n) is 9.22. The van der Waals surface area contributed by atoms with Crippen LogP contribution in [0, 0.1) is 10.1 Å². The number of nitrogens with one attached hydrogen (secondary N) is 2. The zero-order valence-corrected chi connectivity index (χ0v) is 21.0. The van der Waals surface area contributed by atoms with Gasteiger partial charge < -0.3 is 15.2 Å². The van der Waals surface area contributed by atoms with E-state index in [1.807, 2.05) is 23.6 Å². The van der Waals surface area contributed by atoms with Crippen LogP contribution < -0.4 is 15.6 Å². The highest BCUT2D eigenvalue weighted by atomic mass is 32.1. The average Bonchev–Trinajstić information content (AvgIpc) is 3.57. The number of anilines is 1.